The highest BCUT2D eigenvalue weighted by Gasteiger charge is 2.39. The summed E-state index contributed by atoms with van der Waals surface area (Å²) in [6.45, 7) is 8.03. The van der Waals surface area contributed by atoms with Crippen LogP contribution in [0.25, 0.3) is 11.0 Å². The maximum absolute atomic E-state index is 11.7. The standard InChI is InChI=1S/C15H23N3O2S/c1-14(2,15(3,4)16)13-17-11-9-10(21(6,19)20)7-8-12(11)18(13)5/h7-9H,16H2,1-6H3. The van der Waals surface area contributed by atoms with E-state index in [1.807, 2.05) is 39.3 Å². The van der Waals surface area contributed by atoms with Crippen molar-refractivity contribution in [2.24, 2.45) is 12.8 Å². The molecule has 0 fully saturated rings. The third-order valence-electron chi connectivity index (χ3n) is 4.45. The van der Waals surface area contributed by atoms with E-state index in [1.165, 1.54) is 6.26 Å². The SMILES string of the molecule is Cn1c(C(C)(C)C(C)(C)N)nc2cc(S(C)(=O)=O)ccc21. The molecule has 0 aliphatic heterocycles. The van der Waals surface area contributed by atoms with E-state index in [9.17, 15) is 8.42 Å². The van der Waals surface area contributed by atoms with E-state index >= 15 is 0 Å². The predicted octanol–water partition coefficient (Wildman–Crippen LogP) is 1.99. The summed E-state index contributed by atoms with van der Waals surface area (Å²) < 4.78 is 25.3. The molecule has 0 aliphatic carbocycles. The summed E-state index contributed by atoms with van der Waals surface area (Å²) in [6, 6.07) is 5.03. The van der Waals surface area contributed by atoms with E-state index in [0.29, 0.717) is 5.52 Å². The summed E-state index contributed by atoms with van der Waals surface area (Å²) in [5.41, 5.74) is 7.05. The molecule has 0 radical (unpaired) electrons. The summed E-state index contributed by atoms with van der Waals surface area (Å²) in [4.78, 5) is 4.92. The number of aryl methyl sites for hydroxylation is 1. The van der Waals surface area contributed by atoms with Crippen LogP contribution in [0.2, 0.25) is 0 Å². The number of hydrogen-bond acceptors (Lipinski definition) is 4. The number of aromatic nitrogens is 2. The van der Waals surface area contributed by atoms with Crippen molar-refractivity contribution in [3.63, 3.8) is 0 Å². The van der Waals surface area contributed by atoms with E-state index in [1.54, 1.807) is 18.2 Å². The van der Waals surface area contributed by atoms with Crippen molar-refractivity contribution in [2.45, 2.75) is 43.5 Å². The zero-order valence-corrected chi connectivity index (χ0v) is 14.2. The van der Waals surface area contributed by atoms with Crippen LogP contribution < -0.4 is 5.73 Å². The molecule has 0 saturated heterocycles. The van der Waals surface area contributed by atoms with Crippen molar-refractivity contribution < 1.29 is 8.42 Å². The van der Waals surface area contributed by atoms with Crippen molar-refractivity contribution in [1.29, 1.82) is 0 Å². The van der Waals surface area contributed by atoms with Crippen LogP contribution >= 0.6 is 0 Å². The van der Waals surface area contributed by atoms with E-state index in [2.05, 4.69) is 4.98 Å². The fourth-order valence-electron chi connectivity index (χ4n) is 2.26. The Kier molecular flexibility index (Phi) is 3.46. The number of nitrogens with two attached hydrogens (primary N) is 1. The molecule has 0 aliphatic rings. The first-order chi connectivity index (χ1) is 9.35. The second-order valence-electron chi connectivity index (χ2n) is 6.76. The quantitative estimate of drug-likeness (QED) is 0.940. The molecule has 0 atom stereocenters. The smallest absolute Gasteiger partial charge is 0.175 e. The monoisotopic (exact) mass is 309 g/mol. The van der Waals surface area contributed by atoms with Gasteiger partial charge in [0.1, 0.15) is 5.82 Å². The third kappa shape index (κ3) is 2.58. The third-order valence-corrected chi connectivity index (χ3v) is 5.56. The van der Waals surface area contributed by atoms with Crippen LogP contribution in [0.4, 0.5) is 0 Å². The highest BCUT2D eigenvalue weighted by atomic mass is 32.2. The van der Waals surface area contributed by atoms with Crippen molar-refractivity contribution in [2.75, 3.05) is 6.26 Å². The molecule has 1 aromatic carbocycles. The maximum Gasteiger partial charge on any atom is 0.175 e. The minimum absolute atomic E-state index is 0.282. The molecule has 6 heteroatoms. The molecule has 116 valence electrons. The molecule has 5 nitrogen and oxygen atoms in total. The van der Waals surface area contributed by atoms with E-state index in [0.717, 1.165) is 11.3 Å². The Labute approximate surface area is 126 Å². The van der Waals surface area contributed by atoms with Crippen molar-refractivity contribution >= 4 is 20.9 Å². The fourth-order valence-corrected chi connectivity index (χ4v) is 2.90. The van der Waals surface area contributed by atoms with Gasteiger partial charge in [0.15, 0.2) is 9.84 Å². The van der Waals surface area contributed by atoms with Gasteiger partial charge in [0.2, 0.25) is 0 Å². The minimum atomic E-state index is -3.24. The van der Waals surface area contributed by atoms with E-state index < -0.39 is 15.4 Å². The number of sulfone groups is 1. The van der Waals surface area contributed by atoms with Gasteiger partial charge in [0, 0.05) is 24.3 Å². The van der Waals surface area contributed by atoms with E-state index in [4.69, 9.17) is 5.73 Å². The van der Waals surface area contributed by atoms with Crippen molar-refractivity contribution in [3.8, 4) is 0 Å². The van der Waals surface area contributed by atoms with Crippen LogP contribution in [0, 0.1) is 0 Å². The molecule has 0 unspecified atom stereocenters. The summed E-state index contributed by atoms with van der Waals surface area (Å²) in [6.07, 6.45) is 1.20. The fraction of sp³-hybridized carbons (Fsp3) is 0.533. The topological polar surface area (TPSA) is 78.0 Å². The van der Waals surface area contributed by atoms with Gasteiger partial charge >= 0.3 is 0 Å². The van der Waals surface area contributed by atoms with Crippen LogP contribution in [0.1, 0.15) is 33.5 Å². The lowest BCUT2D eigenvalue weighted by Crippen LogP contribution is -2.51. The van der Waals surface area contributed by atoms with Gasteiger partial charge in [-0.3, -0.25) is 0 Å². The summed E-state index contributed by atoms with van der Waals surface area (Å²) >= 11 is 0. The Hall–Kier alpha value is -1.40. The molecule has 2 aromatic rings. The van der Waals surface area contributed by atoms with E-state index in [-0.39, 0.29) is 10.3 Å². The summed E-state index contributed by atoms with van der Waals surface area (Å²) in [5, 5.41) is 0. The second-order valence-corrected chi connectivity index (χ2v) is 8.78. The number of benzene rings is 1. The molecule has 2 N–H and O–H groups in total. The first-order valence-electron chi connectivity index (χ1n) is 6.81. The van der Waals surface area contributed by atoms with Gasteiger partial charge in [-0.2, -0.15) is 0 Å². The van der Waals surface area contributed by atoms with Crippen LogP contribution in [-0.4, -0.2) is 29.8 Å². The van der Waals surface area contributed by atoms with Crippen LogP contribution in [0.3, 0.4) is 0 Å². The normalized spacial score (nSPS) is 13.9. The Balaban J connectivity index is 2.73. The zero-order valence-electron chi connectivity index (χ0n) is 13.4. The lowest BCUT2D eigenvalue weighted by molar-refractivity contribution is 0.286. The van der Waals surface area contributed by atoms with Crippen LogP contribution in [0.5, 0.6) is 0 Å². The Bertz CT molecular complexity index is 796. The highest BCUT2D eigenvalue weighted by molar-refractivity contribution is 7.90. The predicted molar refractivity (Wildman–Crippen MR) is 85.1 cm³/mol. The van der Waals surface area contributed by atoms with Crippen LogP contribution in [0.15, 0.2) is 23.1 Å². The second kappa shape index (κ2) is 4.55. The van der Waals surface area contributed by atoms with Gasteiger partial charge in [0.05, 0.1) is 15.9 Å². The minimum Gasteiger partial charge on any atom is -0.331 e. The highest BCUT2D eigenvalue weighted by Crippen LogP contribution is 2.34. The first-order valence-corrected chi connectivity index (χ1v) is 8.71. The molecule has 2 rings (SSSR count). The average molecular weight is 309 g/mol. The first kappa shape index (κ1) is 16.0. The van der Waals surface area contributed by atoms with Crippen LogP contribution in [-0.2, 0) is 22.3 Å². The average Bonchev–Trinajstić information content (AvgIpc) is 2.64. The molecular formula is C15H23N3O2S. The Morgan fingerprint density at radius 1 is 1.19 bits per heavy atom. The summed E-state index contributed by atoms with van der Waals surface area (Å²) in [7, 11) is -1.31. The molecule has 1 aromatic heterocycles. The lowest BCUT2D eigenvalue weighted by atomic mass is 9.74. The Morgan fingerprint density at radius 3 is 2.24 bits per heavy atom. The molecule has 1 heterocycles. The Morgan fingerprint density at radius 2 is 1.76 bits per heavy atom. The number of imidazole rings is 1. The number of hydrogen-bond donors (Lipinski definition) is 1. The molecule has 0 amide bonds. The molecule has 0 bridgehead atoms. The van der Waals surface area contributed by atoms with Gasteiger partial charge in [0.25, 0.3) is 0 Å². The maximum atomic E-state index is 11.7. The number of rotatable bonds is 3. The summed E-state index contributed by atoms with van der Waals surface area (Å²) in [5.74, 6) is 0.843. The molecule has 0 spiro atoms. The molecule has 21 heavy (non-hydrogen) atoms. The van der Waals surface area contributed by atoms with Crippen molar-refractivity contribution in [3.05, 3.63) is 24.0 Å². The van der Waals surface area contributed by atoms with Gasteiger partial charge in [-0.25, -0.2) is 13.4 Å². The lowest BCUT2D eigenvalue weighted by Gasteiger charge is -2.37. The van der Waals surface area contributed by atoms with Crippen molar-refractivity contribution in [1.82, 2.24) is 9.55 Å². The van der Waals surface area contributed by atoms with Gasteiger partial charge in [-0.05, 0) is 32.0 Å². The van der Waals surface area contributed by atoms with Gasteiger partial charge < -0.3 is 10.3 Å². The zero-order chi connectivity index (χ0) is 16.2. The number of nitrogens with zero attached hydrogens (tertiary/aromatic N) is 2. The van der Waals surface area contributed by atoms with Gasteiger partial charge in [-0.15, -0.1) is 0 Å². The molecular weight excluding hydrogens is 286 g/mol. The largest absolute Gasteiger partial charge is 0.331 e. The van der Waals surface area contributed by atoms with Gasteiger partial charge in [-0.1, -0.05) is 13.8 Å². The molecule has 0 saturated carbocycles. The number of fused-ring (bicyclic) bond motifs is 1.